The molecule has 1 aromatic rings. The van der Waals surface area contributed by atoms with Gasteiger partial charge in [0.25, 0.3) is 0 Å². The van der Waals surface area contributed by atoms with Crippen LogP contribution in [0.3, 0.4) is 0 Å². The van der Waals surface area contributed by atoms with Crippen LogP contribution < -0.4 is 16.0 Å². The minimum Gasteiger partial charge on any atom is -0.355 e. The molecule has 1 atom stereocenters. The Morgan fingerprint density at radius 1 is 1.09 bits per heavy atom. The zero-order valence-corrected chi connectivity index (χ0v) is 14.7. The third-order valence-corrected chi connectivity index (χ3v) is 3.56. The first-order valence-electron chi connectivity index (χ1n) is 8.31. The Bertz CT molecular complexity index is 485. The number of carbonyl (C=O) groups is 1. The van der Waals surface area contributed by atoms with Crippen molar-refractivity contribution < 1.29 is 4.79 Å². The number of guanidine groups is 1. The SMILES string of the molecule is CN=C(NCCNC(=O)C(C)C)NC(C)CCc1ccccc1. The molecule has 0 heterocycles. The summed E-state index contributed by atoms with van der Waals surface area (Å²) in [4.78, 5) is 15.7. The molecule has 0 bridgehead atoms. The maximum atomic E-state index is 11.5. The van der Waals surface area contributed by atoms with Crippen LogP contribution in [0, 0.1) is 5.92 Å². The van der Waals surface area contributed by atoms with E-state index in [1.165, 1.54) is 5.56 Å². The fourth-order valence-corrected chi connectivity index (χ4v) is 2.10. The van der Waals surface area contributed by atoms with Gasteiger partial charge in [0, 0.05) is 32.1 Å². The van der Waals surface area contributed by atoms with E-state index >= 15 is 0 Å². The largest absolute Gasteiger partial charge is 0.355 e. The summed E-state index contributed by atoms with van der Waals surface area (Å²) < 4.78 is 0. The number of hydrogen-bond acceptors (Lipinski definition) is 2. The van der Waals surface area contributed by atoms with Crippen molar-refractivity contribution in [2.75, 3.05) is 20.1 Å². The normalized spacial score (nSPS) is 12.8. The maximum absolute atomic E-state index is 11.5. The predicted molar refractivity (Wildman–Crippen MR) is 96.6 cm³/mol. The van der Waals surface area contributed by atoms with Crippen LogP contribution in [-0.4, -0.2) is 38.0 Å². The van der Waals surface area contributed by atoms with Crippen LogP contribution in [-0.2, 0) is 11.2 Å². The monoisotopic (exact) mass is 318 g/mol. The Morgan fingerprint density at radius 3 is 2.35 bits per heavy atom. The second kappa shape index (κ2) is 10.6. The quantitative estimate of drug-likeness (QED) is 0.390. The molecule has 5 nitrogen and oxygen atoms in total. The summed E-state index contributed by atoms with van der Waals surface area (Å²) in [5.41, 5.74) is 1.35. The molecule has 0 fully saturated rings. The van der Waals surface area contributed by atoms with Crippen LogP contribution >= 0.6 is 0 Å². The molecular formula is C18H30N4O. The molecule has 1 rings (SSSR count). The average molecular weight is 318 g/mol. The van der Waals surface area contributed by atoms with Crippen LogP contribution in [0.4, 0.5) is 0 Å². The molecule has 0 aliphatic heterocycles. The van der Waals surface area contributed by atoms with Crippen molar-refractivity contribution in [3.8, 4) is 0 Å². The first-order chi connectivity index (χ1) is 11.0. The highest BCUT2D eigenvalue weighted by atomic mass is 16.1. The van der Waals surface area contributed by atoms with Crippen molar-refractivity contribution in [2.45, 2.75) is 39.7 Å². The van der Waals surface area contributed by atoms with Crippen molar-refractivity contribution >= 4 is 11.9 Å². The van der Waals surface area contributed by atoms with E-state index in [0.29, 0.717) is 19.1 Å². The number of carbonyl (C=O) groups excluding carboxylic acids is 1. The third kappa shape index (κ3) is 8.24. The number of aliphatic imine (C=N–C) groups is 1. The Balaban J connectivity index is 2.23. The van der Waals surface area contributed by atoms with E-state index in [1.54, 1.807) is 7.05 Å². The van der Waals surface area contributed by atoms with E-state index in [9.17, 15) is 4.79 Å². The fraction of sp³-hybridized carbons (Fsp3) is 0.556. The van der Waals surface area contributed by atoms with Gasteiger partial charge < -0.3 is 16.0 Å². The number of nitrogens with zero attached hydrogens (tertiary/aromatic N) is 1. The summed E-state index contributed by atoms with van der Waals surface area (Å²) in [6, 6.07) is 10.8. The molecule has 128 valence electrons. The number of aryl methyl sites for hydroxylation is 1. The Morgan fingerprint density at radius 2 is 1.74 bits per heavy atom. The maximum Gasteiger partial charge on any atom is 0.222 e. The fourth-order valence-electron chi connectivity index (χ4n) is 2.10. The Kier molecular flexibility index (Phi) is 8.80. The molecule has 0 aromatic heterocycles. The summed E-state index contributed by atoms with van der Waals surface area (Å²) in [6.45, 7) is 7.17. The van der Waals surface area contributed by atoms with Gasteiger partial charge in [-0.3, -0.25) is 9.79 Å². The molecule has 0 aliphatic carbocycles. The second-order valence-electron chi connectivity index (χ2n) is 6.01. The van der Waals surface area contributed by atoms with E-state index in [4.69, 9.17) is 0 Å². The number of amides is 1. The number of nitrogens with one attached hydrogen (secondary N) is 3. The number of hydrogen-bond donors (Lipinski definition) is 3. The van der Waals surface area contributed by atoms with E-state index in [0.717, 1.165) is 18.8 Å². The molecule has 0 saturated heterocycles. The zero-order chi connectivity index (χ0) is 17.1. The zero-order valence-electron chi connectivity index (χ0n) is 14.7. The highest BCUT2D eigenvalue weighted by Gasteiger charge is 2.07. The van der Waals surface area contributed by atoms with Gasteiger partial charge in [0.05, 0.1) is 0 Å². The first kappa shape index (κ1) is 19.0. The van der Waals surface area contributed by atoms with Gasteiger partial charge in [0.15, 0.2) is 5.96 Å². The average Bonchev–Trinajstić information content (AvgIpc) is 2.56. The highest BCUT2D eigenvalue weighted by Crippen LogP contribution is 2.04. The van der Waals surface area contributed by atoms with Gasteiger partial charge in [0.2, 0.25) is 5.91 Å². The lowest BCUT2D eigenvalue weighted by Crippen LogP contribution is -2.45. The Labute approximate surface area is 140 Å². The molecule has 3 N–H and O–H groups in total. The molecule has 1 aromatic carbocycles. The van der Waals surface area contributed by atoms with Gasteiger partial charge >= 0.3 is 0 Å². The van der Waals surface area contributed by atoms with Crippen LogP contribution in [0.1, 0.15) is 32.8 Å². The molecule has 23 heavy (non-hydrogen) atoms. The number of rotatable bonds is 8. The minimum absolute atomic E-state index is 0.0189. The van der Waals surface area contributed by atoms with E-state index in [-0.39, 0.29) is 11.8 Å². The molecule has 0 saturated carbocycles. The molecule has 0 radical (unpaired) electrons. The summed E-state index contributed by atoms with van der Waals surface area (Å²) in [7, 11) is 1.76. The molecule has 5 heteroatoms. The summed E-state index contributed by atoms with van der Waals surface area (Å²) in [5, 5.41) is 9.47. The lowest BCUT2D eigenvalue weighted by molar-refractivity contribution is -0.123. The molecule has 1 unspecified atom stereocenters. The topological polar surface area (TPSA) is 65.5 Å². The molecule has 0 spiro atoms. The lowest BCUT2D eigenvalue weighted by atomic mass is 10.1. The van der Waals surface area contributed by atoms with Crippen LogP contribution in [0.25, 0.3) is 0 Å². The van der Waals surface area contributed by atoms with Gasteiger partial charge in [-0.2, -0.15) is 0 Å². The molecule has 1 amide bonds. The van der Waals surface area contributed by atoms with Crippen molar-refractivity contribution in [3.63, 3.8) is 0 Å². The van der Waals surface area contributed by atoms with E-state index in [1.807, 2.05) is 19.9 Å². The van der Waals surface area contributed by atoms with Gasteiger partial charge in [-0.05, 0) is 25.3 Å². The lowest BCUT2D eigenvalue weighted by Gasteiger charge is -2.18. The van der Waals surface area contributed by atoms with Gasteiger partial charge in [-0.25, -0.2) is 0 Å². The van der Waals surface area contributed by atoms with E-state index < -0.39 is 0 Å². The van der Waals surface area contributed by atoms with Crippen molar-refractivity contribution in [3.05, 3.63) is 35.9 Å². The number of benzene rings is 1. The van der Waals surface area contributed by atoms with Crippen LogP contribution in [0.15, 0.2) is 35.3 Å². The first-order valence-corrected chi connectivity index (χ1v) is 8.31. The second-order valence-corrected chi connectivity index (χ2v) is 6.01. The highest BCUT2D eigenvalue weighted by molar-refractivity contribution is 5.80. The minimum atomic E-state index is 0.0189. The van der Waals surface area contributed by atoms with Gasteiger partial charge in [-0.15, -0.1) is 0 Å². The summed E-state index contributed by atoms with van der Waals surface area (Å²) in [6.07, 6.45) is 2.07. The van der Waals surface area contributed by atoms with Crippen molar-refractivity contribution in [1.82, 2.24) is 16.0 Å². The van der Waals surface area contributed by atoms with Gasteiger partial charge in [0.1, 0.15) is 0 Å². The van der Waals surface area contributed by atoms with E-state index in [2.05, 4.69) is 52.1 Å². The van der Waals surface area contributed by atoms with Crippen LogP contribution in [0.2, 0.25) is 0 Å². The summed E-state index contributed by atoms with van der Waals surface area (Å²) >= 11 is 0. The molecule has 0 aliphatic rings. The van der Waals surface area contributed by atoms with Crippen molar-refractivity contribution in [1.29, 1.82) is 0 Å². The summed E-state index contributed by atoms with van der Waals surface area (Å²) in [5.74, 6) is 0.862. The van der Waals surface area contributed by atoms with Gasteiger partial charge in [-0.1, -0.05) is 44.2 Å². The Hall–Kier alpha value is -2.04. The predicted octanol–water partition coefficient (Wildman–Crippen LogP) is 1.94. The third-order valence-electron chi connectivity index (χ3n) is 3.56. The van der Waals surface area contributed by atoms with Crippen LogP contribution in [0.5, 0.6) is 0 Å². The van der Waals surface area contributed by atoms with Crippen molar-refractivity contribution in [2.24, 2.45) is 10.9 Å². The smallest absolute Gasteiger partial charge is 0.222 e. The molecular weight excluding hydrogens is 288 g/mol. The standard InChI is InChI=1S/C18H30N4O/c1-14(2)17(23)20-12-13-21-18(19-4)22-15(3)10-11-16-8-6-5-7-9-16/h5-9,14-15H,10-13H2,1-4H3,(H,20,23)(H2,19,21,22).